The predicted molar refractivity (Wildman–Crippen MR) is 141 cm³/mol. The quantitative estimate of drug-likeness (QED) is 0.273. The van der Waals surface area contributed by atoms with Crippen molar-refractivity contribution in [3.63, 3.8) is 0 Å². The zero-order valence-electron chi connectivity index (χ0n) is 19.7. The van der Waals surface area contributed by atoms with E-state index in [-0.39, 0.29) is 27.9 Å². The summed E-state index contributed by atoms with van der Waals surface area (Å²) in [6, 6.07) is 16.6. The molecule has 0 aliphatic rings. The first-order chi connectivity index (χ1) is 17.1. The van der Waals surface area contributed by atoms with Gasteiger partial charge in [-0.15, -0.1) is 10.2 Å². The van der Waals surface area contributed by atoms with Crippen molar-refractivity contribution in [3.05, 3.63) is 76.3 Å². The Morgan fingerprint density at radius 2 is 1.75 bits per heavy atom. The van der Waals surface area contributed by atoms with Crippen LogP contribution in [0.3, 0.4) is 0 Å². The summed E-state index contributed by atoms with van der Waals surface area (Å²) in [4.78, 5) is 15.7. The molecule has 0 atom stereocenters. The van der Waals surface area contributed by atoms with Gasteiger partial charge < -0.3 is 14.8 Å². The number of halogens is 1. The molecule has 1 heterocycles. The number of benzene rings is 3. The molecule has 0 saturated carbocycles. The highest BCUT2D eigenvalue weighted by atomic mass is 79.9. The minimum atomic E-state index is -4.17. The number of carbonyl (C=O) groups excluding carboxylic acids is 1. The molecule has 9 nitrogen and oxygen atoms in total. The van der Waals surface area contributed by atoms with Crippen LogP contribution in [-0.2, 0) is 14.8 Å². The summed E-state index contributed by atoms with van der Waals surface area (Å²) >= 11 is 3.36. The van der Waals surface area contributed by atoms with Gasteiger partial charge in [-0.2, -0.15) is 0 Å². The molecule has 4 aromatic rings. The number of hydrogen-bond donors (Lipinski definition) is 2. The fourth-order valence-electron chi connectivity index (χ4n) is 3.63. The maximum absolute atomic E-state index is 13.7. The van der Waals surface area contributed by atoms with E-state index in [9.17, 15) is 18.3 Å². The van der Waals surface area contributed by atoms with Crippen LogP contribution in [0, 0.1) is 13.8 Å². The Labute approximate surface area is 216 Å². The lowest BCUT2D eigenvalue weighted by Crippen LogP contribution is -2.35. The number of amides is 1. The molecule has 0 bridgehead atoms. The summed E-state index contributed by atoms with van der Waals surface area (Å²) in [5, 5.41) is 18.4. The number of ether oxygens (including phenoxy) is 1. The third kappa shape index (κ3) is 5.12. The summed E-state index contributed by atoms with van der Waals surface area (Å²) < 4.78 is 34.4. The molecule has 186 valence electrons. The van der Waals surface area contributed by atoms with Gasteiger partial charge in [0.15, 0.2) is 5.69 Å². The number of nitrogens with zero attached hydrogens (tertiary/aromatic N) is 3. The minimum Gasteiger partial charge on any atom is -0.495 e. The van der Waals surface area contributed by atoms with Gasteiger partial charge in [-0.3, -0.25) is 9.10 Å². The van der Waals surface area contributed by atoms with Gasteiger partial charge in [-0.1, -0.05) is 39.7 Å². The Kier molecular flexibility index (Phi) is 7.14. The number of carbonyl (C=O) groups is 1. The number of aromatic nitrogens is 1. The average Bonchev–Trinajstić information content (AvgIpc) is 3.15. The predicted octanol–water partition coefficient (Wildman–Crippen LogP) is 5.77. The Balaban J connectivity index is 1.74. The first-order valence-electron chi connectivity index (χ1n) is 10.8. The number of nitrogens with one attached hydrogen (secondary N) is 1. The van der Waals surface area contributed by atoms with Crippen molar-refractivity contribution in [1.29, 1.82) is 0 Å². The molecule has 4 rings (SSSR count). The van der Waals surface area contributed by atoms with Crippen molar-refractivity contribution >= 4 is 54.1 Å². The number of anilines is 1. The first kappa shape index (κ1) is 25.4. The number of aryl methyl sites for hydroxylation is 2. The van der Waals surface area contributed by atoms with E-state index in [0.717, 1.165) is 19.9 Å². The second kappa shape index (κ2) is 10.1. The maximum Gasteiger partial charge on any atom is 0.285 e. The van der Waals surface area contributed by atoms with Crippen LogP contribution in [0.5, 0.6) is 11.6 Å². The summed E-state index contributed by atoms with van der Waals surface area (Å²) in [7, 11) is -2.75. The topological polar surface area (TPSA) is 124 Å². The van der Waals surface area contributed by atoms with Crippen molar-refractivity contribution in [1.82, 2.24) is 4.98 Å². The molecular formula is C25H23BrN4O5S. The van der Waals surface area contributed by atoms with Crippen LogP contribution in [0.15, 0.2) is 80.3 Å². The number of aromatic amines is 1. The van der Waals surface area contributed by atoms with Gasteiger partial charge in [0.1, 0.15) is 12.3 Å². The number of hydrogen-bond acceptors (Lipinski definition) is 6. The van der Waals surface area contributed by atoms with E-state index in [1.54, 1.807) is 55.5 Å². The Morgan fingerprint density at radius 1 is 1.06 bits per heavy atom. The van der Waals surface area contributed by atoms with Crippen molar-refractivity contribution in [2.24, 2.45) is 10.2 Å². The highest BCUT2D eigenvalue weighted by Gasteiger charge is 2.29. The Hall–Kier alpha value is -3.70. The molecule has 1 amide bonds. The minimum absolute atomic E-state index is 0.0144. The van der Waals surface area contributed by atoms with Crippen LogP contribution >= 0.6 is 15.9 Å². The molecule has 0 spiro atoms. The highest BCUT2D eigenvalue weighted by molar-refractivity contribution is 9.10. The van der Waals surface area contributed by atoms with Gasteiger partial charge >= 0.3 is 0 Å². The SMILES string of the molecule is COc1ccc(C)cc1N(CC(=O)N=Nc1c(O)[nH]c2ccc(Br)cc12)S(=O)(=O)c1ccc(C)cc1. The fraction of sp³-hybridized carbons (Fsp3) is 0.160. The number of aromatic hydroxyl groups is 1. The van der Waals surface area contributed by atoms with Crippen LogP contribution in [-0.4, -0.2) is 38.1 Å². The normalized spacial score (nSPS) is 11.8. The number of H-pyrrole nitrogens is 1. The maximum atomic E-state index is 13.7. The summed E-state index contributed by atoms with van der Waals surface area (Å²) in [5.41, 5.74) is 2.54. The molecule has 0 radical (unpaired) electrons. The first-order valence-corrected chi connectivity index (χ1v) is 13.0. The number of fused-ring (bicyclic) bond motifs is 1. The lowest BCUT2D eigenvalue weighted by atomic mass is 10.2. The molecule has 11 heteroatoms. The van der Waals surface area contributed by atoms with Crippen LogP contribution < -0.4 is 9.04 Å². The van der Waals surface area contributed by atoms with E-state index < -0.39 is 22.5 Å². The zero-order valence-corrected chi connectivity index (χ0v) is 22.1. The van der Waals surface area contributed by atoms with E-state index >= 15 is 0 Å². The van der Waals surface area contributed by atoms with E-state index in [1.165, 1.54) is 19.2 Å². The third-order valence-electron chi connectivity index (χ3n) is 5.47. The number of rotatable bonds is 7. The molecular weight excluding hydrogens is 548 g/mol. The van der Waals surface area contributed by atoms with Crippen molar-refractivity contribution in [2.45, 2.75) is 18.7 Å². The largest absolute Gasteiger partial charge is 0.495 e. The van der Waals surface area contributed by atoms with Gasteiger partial charge in [0.05, 0.1) is 23.2 Å². The molecule has 2 N–H and O–H groups in total. The number of methoxy groups -OCH3 is 1. The summed E-state index contributed by atoms with van der Waals surface area (Å²) in [5.74, 6) is -0.817. The monoisotopic (exact) mass is 570 g/mol. The van der Waals surface area contributed by atoms with Crippen LogP contribution in [0.4, 0.5) is 11.4 Å². The molecule has 0 unspecified atom stereocenters. The Bertz CT molecular complexity index is 1580. The zero-order chi connectivity index (χ0) is 26.0. The average molecular weight is 571 g/mol. The van der Waals surface area contributed by atoms with Gasteiger partial charge in [-0.05, 0) is 61.9 Å². The Morgan fingerprint density at radius 3 is 2.44 bits per heavy atom. The van der Waals surface area contributed by atoms with Gasteiger partial charge in [-0.25, -0.2) is 8.42 Å². The molecule has 36 heavy (non-hydrogen) atoms. The molecule has 0 aliphatic heterocycles. The number of azo groups is 1. The van der Waals surface area contributed by atoms with Crippen molar-refractivity contribution < 1.29 is 23.1 Å². The van der Waals surface area contributed by atoms with E-state index in [0.29, 0.717) is 10.9 Å². The van der Waals surface area contributed by atoms with E-state index in [2.05, 4.69) is 31.1 Å². The lowest BCUT2D eigenvalue weighted by Gasteiger charge is -2.25. The molecule has 0 saturated heterocycles. The smallest absolute Gasteiger partial charge is 0.285 e. The molecule has 0 fully saturated rings. The van der Waals surface area contributed by atoms with Crippen LogP contribution in [0.25, 0.3) is 10.9 Å². The summed E-state index contributed by atoms with van der Waals surface area (Å²) in [6.07, 6.45) is 0. The second-order valence-electron chi connectivity index (χ2n) is 8.11. The van der Waals surface area contributed by atoms with Gasteiger partial charge in [0.2, 0.25) is 5.88 Å². The van der Waals surface area contributed by atoms with Crippen LogP contribution in [0.1, 0.15) is 11.1 Å². The van der Waals surface area contributed by atoms with Gasteiger partial charge in [0.25, 0.3) is 15.9 Å². The van der Waals surface area contributed by atoms with Gasteiger partial charge in [0, 0.05) is 9.86 Å². The highest BCUT2D eigenvalue weighted by Crippen LogP contribution is 2.37. The molecule has 3 aromatic carbocycles. The van der Waals surface area contributed by atoms with Crippen molar-refractivity contribution in [2.75, 3.05) is 18.0 Å². The lowest BCUT2D eigenvalue weighted by molar-refractivity contribution is -0.116. The van der Waals surface area contributed by atoms with Crippen molar-refractivity contribution in [3.8, 4) is 11.6 Å². The summed E-state index contributed by atoms with van der Waals surface area (Å²) in [6.45, 7) is 3.02. The fourth-order valence-corrected chi connectivity index (χ4v) is 5.41. The third-order valence-corrected chi connectivity index (χ3v) is 7.73. The van der Waals surface area contributed by atoms with E-state index in [1.807, 2.05) is 6.92 Å². The molecule has 1 aromatic heterocycles. The second-order valence-corrected chi connectivity index (χ2v) is 10.9. The number of sulfonamides is 1. The molecule has 0 aliphatic carbocycles. The van der Waals surface area contributed by atoms with Crippen LogP contribution in [0.2, 0.25) is 0 Å². The standard InChI is InChI=1S/C25H23BrN4O5S/c1-15-4-8-18(9-5-15)36(33,34)30(21-12-16(2)6-11-22(21)35-3)14-23(31)28-29-24-19-13-17(26)7-10-20(19)27-25(24)32/h4-13,27,32H,14H2,1-3H3. The van der Waals surface area contributed by atoms with E-state index in [4.69, 9.17) is 4.74 Å².